The quantitative estimate of drug-likeness (QED) is 0.885. The smallest absolute Gasteiger partial charge is 0.261 e. The van der Waals surface area contributed by atoms with Crippen LogP contribution in [0.3, 0.4) is 0 Å². The van der Waals surface area contributed by atoms with Crippen LogP contribution in [0.5, 0.6) is 0 Å². The zero-order chi connectivity index (χ0) is 16.1. The average Bonchev–Trinajstić information content (AvgIpc) is 3.01. The van der Waals surface area contributed by atoms with E-state index in [9.17, 15) is 9.59 Å². The molecule has 22 heavy (non-hydrogen) atoms. The minimum atomic E-state index is -0.602. The van der Waals surface area contributed by atoms with Crippen LogP contribution in [0.4, 0.5) is 5.69 Å². The molecular weight excluding hydrogens is 296 g/mol. The number of hydrogen-bond acceptors (Lipinski definition) is 3. The molecule has 1 aromatic heterocycles. The van der Waals surface area contributed by atoms with Crippen LogP contribution in [-0.2, 0) is 4.79 Å². The largest absolute Gasteiger partial charge is 0.340 e. The zero-order valence-corrected chi connectivity index (χ0v) is 13.7. The fourth-order valence-electron chi connectivity index (χ4n) is 2.10. The molecule has 0 saturated carbocycles. The van der Waals surface area contributed by atoms with Gasteiger partial charge < -0.3 is 10.6 Å². The highest BCUT2D eigenvalue weighted by Crippen LogP contribution is 2.23. The Balaban J connectivity index is 2.01. The third kappa shape index (κ3) is 3.95. The number of benzene rings is 1. The normalized spacial score (nSPS) is 12.0. The molecule has 2 rings (SSSR count). The van der Waals surface area contributed by atoms with E-state index in [4.69, 9.17) is 0 Å². The number of nitrogens with one attached hydrogen (secondary N) is 2. The minimum Gasteiger partial charge on any atom is -0.340 e. The van der Waals surface area contributed by atoms with Crippen LogP contribution in [0.25, 0.3) is 0 Å². The number of rotatable bonds is 5. The predicted octanol–water partition coefficient (Wildman–Crippen LogP) is 3.63. The maximum absolute atomic E-state index is 12.3. The molecule has 0 bridgehead atoms. The van der Waals surface area contributed by atoms with Gasteiger partial charge in [-0.15, -0.1) is 11.3 Å². The maximum Gasteiger partial charge on any atom is 0.261 e. The van der Waals surface area contributed by atoms with Gasteiger partial charge in [-0.25, -0.2) is 0 Å². The monoisotopic (exact) mass is 316 g/mol. The van der Waals surface area contributed by atoms with E-state index in [1.165, 1.54) is 11.3 Å². The van der Waals surface area contributed by atoms with E-state index in [0.29, 0.717) is 10.8 Å². The van der Waals surface area contributed by atoms with Crippen molar-refractivity contribution in [3.63, 3.8) is 0 Å². The van der Waals surface area contributed by atoms with Crippen LogP contribution in [0.1, 0.15) is 41.9 Å². The Morgan fingerprint density at radius 2 is 1.77 bits per heavy atom. The summed E-state index contributed by atoms with van der Waals surface area (Å²) in [6.45, 7) is 5.83. The summed E-state index contributed by atoms with van der Waals surface area (Å²) in [4.78, 5) is 24.8. The Bertz CT molecular complexity index is 650. The second-order valence-electron chi connectivity index (χ2n) is 5.40. The molecule has 116 valence electrons. The molecule has 0 spiro atoms. The lowest BCUT2D eigenvalue weighted by Crippen LogP contribution is -2.41. The Morgan fingerprint density at radius 3 is 2.41 bits per heavy atom. The summed E-state index contributed by atoms with van der Waals surface area (Å²) in [6, 6.07) is 10.6. The molecular formula is C17H20N2O2S. The Morgan fingerprint density at radius 1 is 1.05 bits per heavy atom. The number of thiophene rings is 1. The summed E-state index contributed by atoms with van der Waals surface area (Å²) >= 11 is 1.35. The van der Waals surface area contributed by atoms with E-state index in [1.54, 1.807) is 13.0 Å². The fourth-order valence-corrected chi connectivity index (χ4v) is 2.72. The molecule has 2 N–H and O–H groups in total. The van der Waals surface area contributed by atoms with Gasteiger partial charge in [0.15, 0.2) is 0 Å². The first kappa shape index (κ1) is 16.2. The van der Waals surface area contributed by atoms with Gasteiger partial charge in [-0.3, -0.25) is 9.59 Å². The van der Waals surface area contributed by atoms with Crippen molar-refractivity contribution in [1.29, 1.82) is 0 Å². The molecule has 1 atom stereocenters. The average molecular weight is 316 g/mol. The van der Waals surface area contributed by atoms with Crippen molar-refractivity contribution in [1.82, 2.24) is 5.32 Å². The number of hydrogen-bond donors (Lipinski definition) is 2. The number of amides is 2. The van der Waals surface area contributed by atoms with E-state index in [1.807, 2.05) is 35.7 Å². The van der Waals surface area contributed by atoms with Gasteiger partial charge in [-0.1, -0.05) is 38.1 Å². The van der Waals surface area contributed by atoms with Gasteiger partial charge >= 0.3 is 0 Å². The summed E-state index contributed by atoms with van der Waals surface area (Å²) in [5.74, 6) is -0.139. The first-order chi connectivity index (χ1) is 10.5. The zero-order valence-electron chi connectivity index (χ0n) is 12.9. The molecule has 1 heterocycles. The van der Waals surface area contributed by atoms with Gasteiger partial charge in [0.25, 0.3) is 5.91 Å². The highest BCUT2D eigenvalue weighted by Gasteiger charge is 2.18. The predicted molar refractivity (Wildman–Crippen MR) is 90.4 cm³/mol. The lowest BCUT2D eigenvalue weighted by molar-refractivity contribution is -0.117. The molecule has 0 aliphatic carbocycles. The third-order valence-corrected chi connectivity index (χ3v) is 4.20. The first-order valence-corrected chi connectivity index (χ1v) is 8.11. The molecule has 0 fully saturated rings. The van der Waals surface area contributed by atoms with Gasteiger partial charge in [-0.2, -0.15) is 0 Å². The van der Waals surface area contributed by atoms with Crippen molar-refractivity contribution < 1.29 is 9.59 Å². The topological polar surface area (TPSA) is 58.2 Å². The van der Waals surface area contributed by atoms with E-state index >= 15 is 0 Å². The van der Waals surface area contributed by atoms with Crippen LogP contribution < -0.4 is 10.6 Å². The highest BCUT2D eigenvalue weighted by atomic mass is 32.1. The number of anilines is 1. The van der Waals surface area contributed by atoms with Crippen LogP contribution in [0.2, 0.25) is 0 Å². The molecule has 0 radical (unpaired) electrons. The summed E-state index contributed by atoms with van der Waals surface area (Å²) in [6.07, 6.45) is 0. The lowest BCUT2D eigenvalue weighted by atomic mass is 10.0. The number of carbonyl (C=O) groups excluding carboxylic acids is 2. The summed E-state index contributed by atoms with van der Waals surface area (Å²) in [7, 11) is 0. The van der Waals surface area contributed by atoms with Crippen molar-refractivity contribution >= 4 is 28.8 Å². The van der Waals surface area contributed by atoms with Gasteiger partial charge in [0, 0.05) is 5.69 Å². The van der Waals surface area contributed by atoms with Crippen LogP contribution in [0.15, 0.2) is 41.8 Å². The molecule has 2 amide bonds. The van der Waals surface area contributed by atoms with Gasteiger partial charge in [-0.05, 0) is 35.9 Å². The van der Waals surface area contributed by atoms with Crippen molar-refractivity contribution in [2.75, 3.05) is 5.32 Å². The van der Waals surface area contributed by atoms with E-state index in [-0.39, 0.29) is 11.8 Å². The molecule has 0 saturated heterocycles. The third-order valence-electron chi connectivity index (χ3n) is 3.33. The maximum atomic E-state index is 12.3. The second-order valence-corrected chi connectivity index (χ2v) is 6.35. The van der Waals surface area contributed by atoms with Gasteiger partial charge in [0.2, 0.25) is 5.91 Å². The first-order valence-electron chi connectivity index (χ1n) is 7.23. The van der Waals surface area contributed by atoms with Crippen LogP contribution in [0, 0.1) is 0 Å². The van der Waals surface area contributed by atoms with Crippen molar-refractivity contribution in [3.8, 4) is 0 Å². The van der Waals surface area contributed by atoms with E-state index in [2.05, 4.69) is 24.5 Å². The molecule has 4 nitrogen and oxygen atoms in total. The Kier molecular flexibility index (Phi) is 5.33. The van der Waals surface area contributed by atoms with Gasteiger partial charge in [0.1, 0.15) is 6.04 Å². The molecule has 0 aliphatic heterocycles. The SMILES string of the molecule is CC(NC(=O)c1cccs1)C(=O)Nc1ccccc1C(C)C. The van der Waals surface area contributed by atoms with Crippen molar-refractivity contribution in [3.05, 3.63) is 52.2 Å². The number of carbonyl (C=O) groups is 2. The molecule has 1 aromatic carbocycles. The van der Waals surface area contributed by atoms with Crippen LogP contribution in [-0.4, -0.2) is 17.9 Å². The van der Waals surface area contributed by atoms with Crippen molar-refractivity contribution in [2.24, 2.45) is 0 Å². The fraction of sp³-hybridized carbons (Fsp3) is 0.294. The lowest BCUT2D eigenvalue weighted by Gasteiger charge is -2.17. The van der Waals surface area contributed by atoms with Crippen molar-refractivity contribution in [2.45, 2.75) is 32.7 Å². The van der Waals surface area contributed by atoms with Gasteiger partial charge in [0.05, 0.1) is 4.88 Å². The van der Waals surface area contributed by atoms with E-state index < -0.39 is 6.04 Å². The second kappa shape index (κ2) is 7.22. The van der Waals surface area contributed by atoms with Crippen LogP contribution >= 0.6 is 11.3 Å². The van der Waals surface area contributed by atoms with E-state index in [0.717, 1.165) is 11.3 Å². The number of para-hydroxylation sites is 1. The highest BCUT2D eigenvalue weighted by molar-refractivity contribution is 7.12. The molecule has 2 aromatic rings. The molecule has 5 heteroatoms. The standard InChI is InChI=1S/C17H20N2O2S/c1-11(2)13-7-4-5-8-14(13)19-16(20)12(3)18-17(21)15-9-6-10-22-15/h4-12H,1-3H3,(H,18,21)(H,19,20). The molecule has 0 aliphatic rings. The Labute approximate surface area is 134 Å². The summed E-state index contributed by atoms with van der Waals surface area (Å²) in [5.41, 5.74) is 1.87. The Hall–Kier alpha value is -2.14. The summed E-state index contributed by atoms with van der Waals surface area (Å²) in [5, 5.41) is 7.43. The summed E-state index contributed by atoms with van der Waals surface area (Å²) < 4.78 is 0. The minimum absolute atomic E-state index is 0.224. The molecule has 1 unspecified atom stereocenters.